The minimum absolute atomic E-state index is 0.0900. The second kappa shape index (κ2) is 11.7. The van der Waals surface area contributed by atoms with Crippen molar-refractivity contribution in [2.45, 2.75) is 13.8 Å². The first kappa shape index (κ1) is 25.2. The Labute approximate surface area is 217 Å². The van der Waals surface area contributed by atoms with Gasteiger partial charge in [-0.2, -0.15) is 0 Å². The number of ether oxygens (including phenoxy) is 1. The monoisotopic (exact) mass is 502 g/mol. The number of carbonyl (C=O) groups excluding carboxylic acids is 2. The van der Waals surface area contributed by atoms with Gasteiger partial charge in [0.15, 0.2) is 11.7 Å². The van der Waals surface area contributed by atoms with Gasteiger partial charge in [0.2, 0.25) is 0 Å². The number of nitrogens with zero attached hydrogens (tertiary/aromatic N) is 2. The van der Waals surface area contributed by atoms with E-state index in [1.807, 2.05) is 91.5 Å². The predicted octanol–water partition coefficient (Wildman–Crippen LogP) is 4.16. The molecule has 186 valence electrons. The zero-order chi connectivity index (χ0) is 25.5. The zero-order valence-corrected chi connectivity index (χ0v) is 21.3. The summed E-state index contributed by atoms with van der Waals surface area (Å²) in [4.78, 5) is 29.2. The molecule has 0 aromatic heterocycles. The van der Waals surface area contributed by atoms with Crippen LogP contribution in [0.1, 0.15) is 21.5 Å². The number of amides is 2. The van der Waals surface area contributed by atoms with Gasteiger partial charge >= 0.3 is 0 Å². The third-order valence-corrected chi connectivity index (χ3v) is 6.34. The highest BCUT2D eigenvalue weighted by Gasteiger charge is 2.23. The van der Waals surface area contributed by atoms with Crippen LogP contribution in [0.4, 0.5) is 11.4 Å². The fourth-order valence-corrected chi connectivity index (χ4v) is 4.32. The number of hydrogen-bond acceptors (Lipinski definition) is 5. The molecule has 0 saturated carbocycles. The molecule has 1 aliphatic heterocycles. The summed E-state index contributed by atoms with van der Waals surface area (Å²) < 4.78 is 5.56. The molecule has 0 unspecified atom stereocenters. The summed E-state index contributed by atoms with van der Waals surface area (Å²) in [6.45, 7) is 6.65. The van der Waals surface area contributed by atoms with E-state index in [-0.39, 0.29) is 23.5 Å². The van der Waals surface area contributed by atoms with Gasteiger partial charge in [-0.15, -0.1) is 0 Å². The van der Waals surface area contributed by atoms with E-state index in [0.29, 0.717) is 18.8 Å². The fourth-order valence-electron chi connectivity index (χ4n) is 4.09. The summed E-state index contributed by atoms with van der Waals surface area (Å²) in [6.07, 6.45) is 0. The molecule has 0 spiro atoms. The first-order chi connectivity index (χ1) is 17.4. The number of hydrogen-bond donors (Lipinski definition) is 2. The van der Waals surface area contributed by atoms with E-state index < -0.39 is 0 Å². The number of aryl methyl sites for hydroxylation is 2. The minimum atomic E-state index is -0.328. The quantitative estimate of drug-likeness (QED) is 0.493. The van der Waals surface area contributed by atoms with Gasteiger partial charge in [0.1, 0.15) is 5.75 Å². The Morgan fingerprint density at radius 3 is 2.17 bits per heavy atom. The van der Waals surface area contributed by atoms with E-state index in [9.17, 15) is 9.59 Å². The van der Waals surface area contributed by atoms with Crippen LogP contribution in [0.3, 0.4) is 0 Å². The molecule has 7 nitrogen and oxygen atoms in total. The molecule has 0 aliphatic carbocycles. The standard InChI is InChI=1S/C28H30N4O3S/c1-20-7-3-5-9-24(20)27(34)32-17-15-31(16-18-32)23-13-11-22(12-14-23)29-28(36)30-26(33)19-35-25-10-6-4-8-21(25)2/h3-14H,15-19H2,1-2H3,(H2,29,30,33,36). The Hall–Kier alpha value is -3.91. The summed E-state index contributed by atoms with van der Waals surface area (Å²) in [7, 11) is 0. The van der Waals surface area contributed by atoms with Gasteiger partial charge in [0.05, 0.1) is 0 Å². The number of piperazine rings is 1. The van der Waals surface area contributed by atoms with Crippen LogP contribution in [0, 0.1) is 13.8 Å². The SMILES string of the molecule is Cc1ccccc1OCC(=O)NC(=S)Nc1ccc(N2CCN(C(=O)c3ccccc3C)CC2)cc1. The van der Waals surface area contributed by atoms with Crippen LogP contribution in [0.2, 0.25) is 0 Å². The summed E-state index contributed by atoms with van der Waals surface area (Å²) in [5, 5.41) is 5.88. The van der Waals surface area contributed by atoms with Crippen LogP contribution in [-0.2, 0) is 4.79 Å². The largest absolute Gasteiger partial charge is 0.483 e. The lowest BCUT2D eigenvalue weighted by molar-refractivity contribution is -0.121. The Bertz CT molecular complexity index is 1240. The number of rotatable bonds is 6. The van der Waals surface area contributed by atoms with Gasteiger partial charge in [-0.25, -0.2) is 0 Å². The van der Waals surface area contributed by atoms with Crippen molar-refractivity contribution >= 4 is 40.5 Å². The Balaban J connectivity index is 1.23. The molecule has 1 saturated heterocycles. The molecule has 1 fully saturated rings. The van der Waals surface area contributed by atoms with Crippen molar-refractivity contribution < 1.29 is 14.3 Å². The summed E-state index contributed by atoms with van der Waals surface area (Å²) in [6, 6.07) is 23.1. The molecule has 8 heteroatoms. The van der Waals surface area contributed by atoms with Crippen LogP contribution in [0.5, 0.6) is 5.75 Å². The molecule has 0 atom stereocenters. The van der Waals surface area contributed by atoms with Gasteiger partial charge in [-0.1, -0.05) is 36.4 Å². The number of anilines is 2. The first-order valence-electron chi connectivity index (χ1n) is 11.9. The van der Waals surface area contributed by atoms with E-state index in [1.54, 1.807) is 0 Å². The number of para-hydroxylation sites is 1. The number of carbonyl (C=O) groups is 2. The van der Waals surface area contributed by atoms with Crippen LogP contribution >= 0.6 is 12.2 Å². The van der Waals surface area contributed by atoms with Gasteiger partial charge in [-0.05, 0) is 73.6 Å². The molecular weight excluding hydrogens is 472 g/mol. The van der Waals surface area contributed by atoms with Crippen molar-refractivity contribution in [2.24, 2.45) is 0 Å². The van der Waals surface area contributed by atoms with Crippen molar-refractivity contribution in [3.63, 3.8) is 0 Å². The van der Waals surface area contributed by atoms with E-state index in [1.165, 1.54) is 0 Å². The first-order valence-corrected chi connectivity index (χ1v) is 12.3. The summed E-state index contributed by atoms with van der Waals surface area (Å²) >= 11 is 5.27. The maximum atomic E-state index is 12.9. The van der Waals surface area contributed by atoms with E-state index in [4.69, 9.17) is 17.0 Å². The highest BCUT2D eigenvalue weighted by Crippen LogP contribution is 2.21. The average molecular weight is 503 g/mol. The number of nitrogens with one attached hydrogen (secondary N) is 2. The third kappa shape index (κ3) is 6.40. The maximum absolute atomic E-state index is 12.9. The predicted molar refractivity (Wildman–Crippen MR) is 147 cm³/mol. The summed E-state index contributed by atoms with van der Waals surface area (Å²) in [5.41, 5.74) is 4.58. The Kier molecular flexibility index (Phi) is 8.17. The molecule has 1 heterocycles. The smallest absolute Gasteiger partial charge is 0.264 e. The van der Waals surface area contributed by atoms with Gasteiger partial charge < -0.3 is 19.9 Å². The second-order valence-electron chi connectivity index (χ2n) is 8.70. The van der Waals surface area contributed by atoms with Crippen molar-refractivity contribution in [1.29, 1.82) is 0 Å². The minimum Gasteiger partial charge on any atom is -0.483 e. The van der Waals surface area contributed by atoms with Gasteiger partial charge in [0.25, 0.3) is 11.8 Å². The molecule has 3 aromatic carbocycles. The van der Waals surface area contributed by atoms with E-state index >= 15 is 0 Å². The van der Waals surface area contributed by atoms with Gasteiger partial charge in [0, 0.05) is 43.1 Å². The Morgan fingerprint density at radius 2 is 1.50 bits per heavy atom. The lowest BCUT2D eigenvalue weighted by atomic mass is 10.1. The lowest BCUT2D eigenvalue weighted by Crippen LogP contribution is -2.48. The average Bonchev–Trinajstić information content (AvgIpc) is 2.88. The van der Waals surface area contributed by atoms with Crippen LogP contribution in [0.15, 0.2) is 72.8 Å². The third-order valence-electron chi connectivity index (χ3n) is 6.14. The van der Waals surface area contributed by atoms with Crippen molar-refractivity contribution in [1.82, 2.24) is 10.2 Å². The van der Waals surface area contributed by atoms with E-state index in [2.05, 4.69) is 15.5 Å². The maximum Gasteiger partial charge on any atom is 0.264 e. The number of benzene rings is 3. The van der Waals surface area contributed by atoms with Crippen LogP contribution < -0.4 is 20.3 Å². The molecule has 0 radical (unpaired) electrons. The van der Waals surface area contributed by atoms with Crippen molar-refractivity contribution in [2.75, 3.05) is 43.0 Å². The van der Waals surface area contributed by atoms with Crippen molar-refractivity contribution in [3.8, 4) is 5.75 Å². The molecule has 0 bridgehead atoms. The second-order valence-corrected chi connectivity index (χ2v) is 9.11. The molecular formula is C28H30N4O3S. The lowest BCUT2D eigenvalue weighted by Gasteiger charge is -2.36. The number of thiocarbonyl (C=S) groups is 1. The van der Waals surface area contributed by atoms with Crippen LogP contribution in [-0.4, -0.2) is 54.6 Å². The highest BCUT2D eigenvalue weighted by atomic mass is 32.1. The molecule has 36 heavy (non-hydrogen) atoms. The molecule has 4 rings (SSSR count). The molecule has 3 aromatic rings. The Morgan fingerprint density at radius 1 is 0.861 bits per heavy atom. The van der Waals surface area contributed by atoms with E-state index in [0.717, 1.165) is 41.2 Å². The molecule has 1 aliphatic rings. The normalized spacial score (nSPS) is 13.2. The summed E-state index contributed by atoms with van der Waals surface area (Å²) in [5.74, 6) is 0.431. The topological polar surface area (TPSA) is 73.9 Å². The van der Waals surface area contributed by atoms with Crippen molar-refractivity contribution in [3.05, 3.63) is 89.5 Å². The highest BCUT2D eigenvalue weighted by molar-refractivity contribution is 7.80. The fraction of sp³-hybridized carbons (Fsp3) is 0.250. The van der Waals surface area contributed by atoms with Gasteiger partial charge in [-0.3, -0.25) is 14.9 Å². The molecule has 2 amide bonds. The molecule has 2 N–H and O–H groups in total. The van der Waals surface area contributed by atoms with Crippen LogP contribution in [0.25, 0.3) is 0 Å². The zero-order valence-electron chi connectivity index (χ0n) is 20.5.